The summed E-state index contributed by atoms with van der Waals surface area (Å²) in [6, 6.07) is 0. The van der Waals surface area contributed by atoms with E-state index in [1.54, 1.807) is 0 Å². The molecule has 3 nitrogen and oxygen atoms in total. The van der Waals surface area contributed by atoms with E-state index in [1.165, 1.54) is 42.0 Å². The molecule has 4 heteroatoms. The first-order valence-electron chi connectivity index (χ1n) is 6.71. The summed E-state index contributed by atoms with van der Waals surface area (Å²) in [5.41, 5.74) is 5.45. The Kier molecular flexibility index (Phi) is 8.22. The quantitative estimate of drug-likeness (QED) is 0.632. The topological polar surface area (TPSA) is 50.9 Å². The van der Waals surface area contributed by atoms with E-state index in [0.29, 0.717) is 0 Å². The number of aryl methyl sites for hydroxylation is 1. The van der Waals surface area contributed by atoms with Gasteiger partial charge in [-0.1, -0.05) is 26.2 Å². The number of aromatic nitrogens is 1. The maximum absolute atomic E-state index is 5.45. The van der Waals surface area contributed by atoms with E-state index < -0.39 is 0 Å². The van der Waals surface area contributed by atoms with Gasteiger partial charge in [0, 0.05) is 17.6 Å². The minimum Gasteiger partial charge on any atom is -0.330 e. The van der Waals surface area contributed by atoms with Gasteiger partial charge in [0.25, 0.3) is 0 Å². The number of unbranched alkanes of at least 4 members (excludes halogenated alkanes) is 4. The summed E-state index contributed by atoms with van der Waals surface area (Å²) in [5.74, 6) is 0. The van der Waals surface area contributed by atoms with Crippen molar-refractivity contribution < 1.29 is 0 Å². The Morgan fingerprint density at radius 2 is 2.00 bits per heavy atom. The molecule has 0 fully saturated rings. The minimum atomic E-state index is 0.835. The van der Waals surface area contributed by atoms with Crippen molar-refractivity contribution in [2.24, 2.45) is 5.73 Å². The molecule has 0 aliphatic rings. The van der Waals surface area contributed by atoms with Crippen LogP contribution in [0.2, 0.25) is 0 Å². The van der Waals surface area contributed by atoms with Crippen molar-refractivity contribution in [3.05, 3.63) is 16.1 Å². The summed E-state index contributed by atoms with van der Waals surface area (Å²) in [6.07, 6.45) is 9.43. The van der Waals surface area contributed by atoms with Crippen molar-refractivity contribution in [3.8, 4) is 0 Å². The average Bonchev–Trinajstić information content (AvgIpc) is 2.80. The van der Waals surface area contributed by atoms with Crippen molar-refractivity contribution in [2.45, 2.75) is 52.0 Å². The van der Waals surface area contributed by atoms with Crippen LogP contribution >= 0.6 is 11.3 Å². The Morgan fingerprint density at radius 1 is 1.24 bits per heavy atom. The van der Waals surface area contributed by atoms with Gasteiger partial charge < -0.3 is 11.1 Å². The third kappa shape index (κ3) is 6.76. The third-order valence-electron chi connectivity index (χ3n) is 2.78. The van der Waals surface area contributed by atoms with Crippen LogP contribution in [0.3, 0.4) is 0 Å². The highest BCUT2D eigenvalue weighted by Gasteiger charge is 1.99. The van der Waals surface area contributed by atoms with E-state index in [9.17, 15) is 0 Å². The number of hydrogen-bond donors (Lipinski definition) is 2. The molecule has 0 saturated heterocycles. The van der Waals surface area contributed by atoms with Crippen molar-refractivity contribution in [1.29, 1.82) is 0 Å². The molecule has 98 valence electrons. The van der Waals surface area contributed by atoms with Crippen LogP contribution in [0.1, 0.15) is 48.9 Å². The molecule has 3 N–H and O–H groups in total. The summed E-state index contributed by atoms with van der Waals surface area (Å²) >= 11 is 1.82. The maximum Gasteiger partial charge on any atom is 0.107 e. The highest BCUT2D eigenvalue weighted by molar-refractivity contribution is 7.11. The van der Waals surface area contributed by atoms with Crippen LogP contribution in [0.5, 0.6) is 0 Å². The van der Waals surface area contributed by atoms with E-state index in [2.05, 4.69) is 17.2 Å². The Bertz CT molecular complexity index is 286. The standard InChI is InChI=1S/C13H25N3S/c1-2-12-10-16-13(17-12)11-15-9-7-5-3-4-6-8-14/h10,15H,2-9,11,14H2,1H3. The SMILES string of the molecule is CCc1cnc(CNCCCCCCCN)s1. The van der Waals surface area contributed by atoms with Gasteiger partial charge in [-0.05, 0) is 32.4 Å². The molecule has 0 saturated carbocycles. The Labute approximate surface area is 109 Å². The van der Waals surface area contributed by atoms with Gasteiger partial charge in [0.05, 0.1) is 0 Å². The maximum atomic E-state index is 5.45. The van der Waals surface area contributed by atoms with Crippen LogP contribution in [-0.4, -0.2) is 18.1 Å². The monoisotopic (exact) mass is 255 g/mol. The smallest absolute Gasteiger partial charge is 0.107 e. The lowest BCUT2D eigenvalue weighted by molar-refractivity contribution is 0.577. The van der Waals surface area contributed by atoms with Crippen molar-refractivity contribution in [2.75, 3.05) is 13.1 Å². The molecule has 0 bridgehead atoms. The fraction of sp³-hybridized carbons (Fsp3) is 0.769. The normalized spacial score (nSPS) is 10.9. The van der Waals surface area contributed by atoms with Crippen LogP contribution in [0.25, 0.3) is 0 Å². The molecule has 0 amide bonds. The molecule has 0 spiro atoms. The second kappa shape index (κ2) is 9.57. The van der Waals surface area contributed by atoms with Crippen molar-refractivity contribution in [3.63, 3.8) is 0 Å². The molecule has 0 aliphatic heterocycles. The van der Waals surface area contributed by atoms with E-state index in [0.717, 1.165) is 26.1 Å². The molecule has 1 aromatic rings. The summed E-state index contributed by atoms with van der Waals surface area (Å²) in [4.78, 5) is 5.77. The molecular formula is C13H25N3S. The molecule has 0 aliphatic carbocycles. The number of nitrogens with one attached hydrogen (secondary N) is 1. The second-order valence-electron chi connectivity index (χ2n) is 4.31. The second-order valence-corrected chi connectivity index (χ2v) is 5.51. The van der Waals surface area contributed by atoms with Gasteiger partial charge in [-0.2, -0.15) is 0 Å². The van der Waals surface area contributed by atoms with Gasteiger partial charge in [-0.15, -0.1) is 11.3 Å². The van der Waals surface area contributed by atoms with Crippen LogP contribution < -0.4 is 11.1 Å². The van der Waals surface area contributed by atoms with Gasteiger partial charge >= 0.3 is 0 Å². The number of rotatable bonds is 10. The van der Waals surface area contributed by atoms with Gasteiger partial charge in [-0.25, -0.2) is 4.98 Å². The molecule has 0 atom stereocenters. The number of nitrogens with zero attached hydrogens (tertiary/aromatic N) is 1. The summed E-state index contributed by atoms with van der Waals surface area (Å²) < 4.78 is 0. The predicted octanol–water partition coefficient (Wildman–Crippen LogP) is 2.70. The first kappa shape index (κ1) is 14.6. The van der Waals surface area contributed by atoms with E-state index in [-0.39, 0.29) is 0 Å². The fourth-order valence-electron chi connectivity index (χ4n) is 1.71. The lowest BCUT2D eigenvalue weighted by Crippen LogP contribution is -2.14. The molecule has 1 aromatic heterocycles. The molecule has 1 heterocycles. The van der Waals surface area contributed by atoms with E-state index in [4.69, 9.17) is 5.73 Å². The first-order chi connectivity index (χ1) is 8.36. The van der Waals surface area contributed by atoms with Gasteiger partial charge in [-0.3, -0.25) is 0 Å². The Balaban J connectivity index is 1.93. The number of hydrogen-bond acceptors (Lipinski definition) is 4. The molecule has 0 aromatic carbocycles. The zero-order valence-corrected chi connectivity index (χ0v) is 11.7. The van der Waals surface area contributed by atoms with Crippen molar-refractivity contribution in [1.82, 2.24) is 10.3 Å². The Hall–Kier alpha value is -0.450. The number of thiazole rings is 1. The van der Waals surface area contributed by atoms with Gasteiger partial charge in [0.1, 0.15) is 5.01 Å². The number of nitrogens with two attached hydrogens (primary N) is 1. The van der Waals surface area contributed by atoms with E-state index in [1.807, 2.05) is 17.5 Å². The largest absolute Gasteiger partial charge is 0.330 e. The van der Waals surface area contributed by atoms with Gasteiger partial charge in [0.15, 0.2) is 0 Å². The molecular weight excluding hydrogens is 230 g/mol. The average molecular weight is 255 g/mol. The first-order valence-corrected chi connectivity index (χ1v) is 7.52. The van der Waals surface area contributed by atoms with Gasteiger partial charge in [0.2, 0.25) is 0 Å². The van der Waals surface area contributed by atoms with Crippen LogP contribution in [0, 0.1) is 0 Å². The highest BCUT2D eigenvalue weighted by atomic mass is 32.1. The lowest BCUT2D eigenvalue weighted by atomic mass is 10.1. The summed E-state index contributed by atoms with van der Waals surface area (Å²) in [7, 11) is 0. The zero-order chi connectivity index (χ0) is 12.3. The third-order valence-corrected chi connectivity index (χ3v) is 3.93. The molecule has 1 rings (SSSR count). The fourth-order valence-corrected chi connectivity index (χ4v) is 2.55. The highest BCUT2D eigenvalue weighted by Crippen LogP contribution is 2.12. The molecule has 17 heavy (non-hydrogen) atoms. The minimum absolute atomic E-state index is 0.835. The summed E-state index contributed by atoms with van der Waals surface area (Å²) in [5, 5.41) is 4.67. The Morgan fingerprint density at radius 3 is 2.71 bits per heavy atom. The van der Waals surface area contributed by atoms with Crippen molar-refractivity contribution >= 4 is 11.3 Å². The van der Waals surface area contributed by atoms with Crippen LogP contribution in [0.4, 0.5) is 0 Å². The molecule has 0 radical (unpaired) electrons. The van der Waals surface area contributed by atoms with E-state index >= 15 is 0 Å². The van der Waals surface area contributed by atoms with Crippen LogP contribution in [-0.2, 0) is 13.0 Å². The van der Waals surface area contributed by atoms with Crippen LogP contribution in [0.15, 0.2) is 6.20 Å². The lowest BCUT2D eigenvalue weighted by Gasteiger charge is -2.02. The predicted molar refractivity (Wildman–Crippen MR) is 75.3 cm³/mol. The molecule has 0 unspecified atom stereocenters. The summed E-state index contributed by atoms with van der Waals surface area (Å²) in [6.45, 7) is 5.03. The zero-order valence-electron chi connectivity index (χ0n) is 10.9.